The van der Waals surface area contributed by atoms with E-state index >= 15 is 0 Å². The Morgan fingerprint density at radius 2 is 1.81 bits per heavy atom. The molecule has 0 aromatic heterocycles. The van der Waals surface area contributed by atoms with Crippen LogP contribution in [0, 0.1) is 5.41 Å². The van der Waals surface area contributed by atoms with Gasteiger partial charge in [-0.1, -0.05) is 37.6 Å². The van der Waals surface area contributed by atoms with Gasteiger partial charge < -0.3 is 10.4 Å². The molecule has 0 bridgehead atoms. The van der Waals surface area contributed by atoms with Crippen molar-refractivity contribution < 1.29 is 14.7 Å². The van der Waals surface area contributed by atoms with Crippen LogP contribution in [0.4, 0.5) is 0 Å². The third-order valence-corrected chi connectivity index (χ3v) is 4.43. The van der Waals surface area contributed by atoms with Crippen LogP contribution in [0.15, 0.2) is 24.3 Å². The molecule has 0 radical (unpaired) electrons. The third kappa shape index (κ3) is 3.84. The molecule has 0 heterocycles. The number of hydrogen-bond donors (Lipinski definition) is 2. The van der Waals surface area contributed by atoms with Gasteiger partial charge in [0, 0.05) is 13.0 Å². The Labute approximate surface area is 125 Å². The van der Waals surface area contributed by atoms with Crippen molar-refractivity contribution in [3.63, 3.8) is 0 Å². The van der Waals surface area contributed by atoms with E-state index in [1.165, 1.54) is 11.1 Å². The number of nitrogens with one attached hydrogen (secondary N) is 1. The highest BCUT2D eigenvalue weighted by Crippen LogP contribution is 2.44. The summed E-state index contributed by atoms with van der Waals surface area (Å²) < 4.78 is 0. The molecule has 1 aromatic carbocycles. The normalized spacial score (nSPS) is 16.0. The molecular weight excluding hydrogens is 266 g/mol. The quantitative estimate of drug-likeness (QED) is 0.810. The maximum Gasteiger partial charge on any atom is 0.310 e. The summed E-state index contributed by atoms with van der Waals surface area (Å²) in [6.07, 6.45) is 4.05. The van der Waals surface area contributed by atoms with Crippen molar-refractivity contribution in [3.05, 3.63) is 35.4 Å². The fourth-order valence-corrected chi connectivity index (χ4v) is 2.73. The number of rotatable bonds is 7. The van der Waals surface area contributed by atoms with Crippen LogP contribution in [0.3, 0.4) is 0 Å². The predicted molar refractivity (Wildman–Crippen MR) is 81.1 cm³/mol. The molecule has 2 rings (SSSR count). The maximum atomic E-state index is 11.9. The lowest BCUT2D eigenvalue weighted by atomic mass is 9.66. The van der Waals surface area contributed by atoms with Gasteiger partial charge in [0.2, 0.25) is 5.91 Å². The van der Waals surface area contributed by atoms with Crippen LogP contribution in [0.2, 0.25) is 0 Å². The van der Waals surface area contributed by atoms with Gasteiger partial charge in [-0.05, 0) is 36.8 Å². The molecule has 1 aromatic rings. The summed E-state index contributed by atoms with van der Waals surface area (Å²) >= 11 is 0. The van der Waals surface area contributed by atoms with Gasteiger partial charge in [-0.2, -0.15) is 0 Å². The van der Waals surface area contributed by atoms with Gasteiger partial charge in [0.05, 0.1) is 5.41 Å². The van der Waals surface area contributed by atoms with E-state index in [4.69, 9.17) is 0 Å². The second-order valence-electron chi connectivity index (χ2n) is 5.89. The number of aliphatic carboxylic acids is 1. The van der Waals surface area contributed by atoms with E-state index in [1.54, 1.807) is 0 Å². The van der Waals surface area contributed by atoms with E-state index in [0.29, 0.717) is 19.4 Å². The first-order chi connectivity index (χ1) is 10.1. The number of carbonyl (C=O) groups excluding carboxylic acids is 1. The highest BCUT2D eigenvalue weighted by molar-refractivity contribution is 5.85. The van der Waals surface area contributed by atoms with Crippen molar-refractivity contribution in [1.82, 2.24) is 5.32 Å². The second-order valence-corrected chi connectivity index (χ2v) is 5.89. The number of carboxylic acids is 1. The summed E-state index contributed by atoms with van der Waals surface area (Å²) in [5, 5.41) is 12.0. The molecule has 1 aliphatic rings. The average molecular weight is 289 g/mol. The first kappa shape index (κ1) is 15.5. The highest BCUT2D eigenvalue weighted by Gasteiger charge is 2.45. The molecule has 0 unspecified atom stereocenters. The molecule has 1 aliphatic carbocycles. The SMILES string of the molecule is CCc1ccc(CCNC(=O)CC2(C(=O)O)CCC2)cc1. The van der Waals surface area contributed by atoms with Gasteiger partial charge in [-0.3, -0.25) is 9.59 Å². The smallest absolute Gasteiger partial charge is 0.310 e. The minimum absolute atomic E-state index is 0.108. The van der Waals surface area contributed by atoms with Crippen molar-refractivity contribution in [2.45, 2.75) is 45.4 Å². The van der Waals surface area contributed by atoms with Crippen molar-refractivity contribution in [2.75, 3.05) is 6.54 Å². The molecule has 0 spiro atoms. The first-order valence-electron chi connectivity index (χ1n) is 7.64. The third-order valence-electron chi connectivity index (χ3n) is 4.43. The molecule has 114 valence electrons. The van der Waals surface area contributed by atoms with E-state index in [2.05, 4.69) is 36.5 Å². The van der Waals surface area contributed by atoms with Crippen LogP contribution in [-0.4, -0.2) is 23.5 Å². The number of carboxylic acid groups (broad SMARTS) is 1. The van der Waals surface area contributed by atoms with Gasteiger partial charge in [0.15, 0.2) is 0 Å². The molecule has 1 amide bonds. The Hall–Kier alpha value is -1.84. The van der Waals surface area contributed by atoms with Crippen LogP contribution in [0.1, 0.15) is 43.7 Å². The molecule has 0 atom stereocenters. The number of benzene rings is 1. The van der Waals surface area contributed by atoms with Gasteiger partial charge in [0.25, 0.3) is 0 Å². The lowest BCUT2D eigenvalue weighted by molar-refractivity contribution is -0.157. The monoisotopic (exact) mass is 289 g/mol. The van der Waals surface area contributed by atoms with Crippen LogP contribution in [0.5, 0.6) is 0 Å². The highest BCUT2D eigenvalue weighted by atomic mass is 16.4. The molecule has 2 N–H and O–H groups in total. The zero-order valence-electron chi connectivity index (χ0n) is 12.5. The molecule has 0 aliphatic heterocycles. The van der Waals surface area contributed by atoms with E-state index < -0.39 is 11.4 Å². The van der Waals surface area contributed by atoms with Crippen molar-refractivity contribution in [3.8, 4) is 0 Å². The summed E-state index contributed by atoms with van der Waals surface area (Å²) in [5.74, 6) is -0.985. The van der Waals surface area contributed by atoms with Gasteiger partial charge in [-0.25, -0.2) is 0 Å². The molecule has 4 heteroatoms. The minimum atomic E-state index is -0.834. The number of carbonyl (C=O) groups is 2. The Morgan fingerprint density at radius 3 is 2.29 bits per heavy atom. The Bertz CT molecular complexity index is 503. The van der Waals surface area contributed by atoms with Crippen molar-refractivity contribution in [2.24, 2.45) is 5.41 Å². The van der Waals surface area contributed by atoms with Crippen LogP contribution in [-0.2, 0) is 22.4 Å². The first-order valence-corrected chi connectivity index (χ1v) is 7.64. The van der Waals surface area contributed by atoms with E-state index in [9.17, 15) is 14.7 Å². The Kier molecular flexibility index (Phi) is 4.99. The minimum Gasteiger partial charge on any atom is -0.481 e. The summed E-state index contributed by atoms with van der Waals surface area (Å²) in [4.78, 5) is 23.1. The number of amides is 1. The maximum absolute atomic E-state index is 11.9. The van der Waals surface area contributed by atoms with Gasteiger partial charge in [-0.15, -0.1) is 0 Å². The predicted octanol–water partition coefficient (Wildman–Crippen LogP) is 2.55. The topological polar surface area (TPSA) is 66.4 Å². The van der Waals surface area contributed by atoms with Crippen molar-refractivity contribution in [1.29, 1.82) is 0 Å². The zero-order chi connectivity index (χ0) is 15.3. The molecule has 4 nitrogen and oxygen atoms in total. The van der Waals surface area contributed by atoms with E-state index in [1.807, 2.05) is 0 Å². The number of hydrogen-bond acceptors (Lipinski definition) is 2. The largest absolute Gasteiger partial charge is 0.481 e. The molecule has 0 saturated heterocycles. The molecular formula is C17H23NO3. The van der Waals surface area contributed by atoms with Crippen LogP contribution >= 0.6 is 0 Å². The zero-order valence-corrected chi connectivity index (χ0v) is 12.5. The lowest BCUT2D eigenvalue weighted by Crippen LogP contribution is -2.42. The summed E-state index contributed by atoms with van der Waals surface area (Å²) in [5.41, 5.74) is 1.69. The molecule has 1 fully saturated rings. The lowest BCUT2D eigenvalue weighted by Gasteiger charge is -2.36. The summed E-state index contributed by atoms with van der Waals surface area (Å²) in [6.45, 7) is 2.67. The molecule has 21 heavy (non-hydrogen) atoms. The summed E-state index contributed by atoms with van der Waals surface area (Å²) in [7, 11) is 0. The fraction of sp³-hybridized carbons (Fsp3) is 0.529. The molecule has 1 saturated carbocycles. The summed E-state index contributed by atoms with van der Waals surface area (Å²) in [6, 6.07) is 8.36. The van der Waals surface area contributed by atoms with Crippen LogP contribution in [0.25, 0.3) is 0 Å². The van der Waals surface area contributed by atoms with E-state index in [-0.39, 0.29) is 12.3 Å². The average Bonchev–Trinajstić information content (AvgIpc) is 2.43. The van der Waals surface area contributed by atoms with E-state index in [0.717, 1.165) is 19.3 Å². The van der Waals surface area contributed by atoms with Gasteiger partial charge in [0.1, 0.15) is 0 Å². The van der Waals surface area contributed by atoms with Crippen LogP contribution < -0.4 is 5.32 Å². The fourth-order valence-electron chi connectivity index (χ4n) is 2.73. The standard InChI is InChI=1S/C17H23NO3/c1-2-13-4-6-14(7-5-13)8-11-18-15(19)12-17(16(20)21)9-3-10-17/h4-7H,2-3,8-12H2,1H3,(H,18,19)(H,20,21). The number of aryl methyl sites for hydroxylation is 1. The Morgan fingerprint density at radius 1 is 1.19 bits per heavy atom. The van der Waals surface area contributed by atoms with Gasteiger partial charge >= 0.3 is 5.97 Å². The van der Waals surface area contributed by atoms with Crippen molar-refractivity contribution >= 4 is 11.9 Å². The Balaban J connectivity index is 1.75. The second kappa shape index (κ2) is 6.74.